The Morgan fingerprint density at radius 2 is 1.46 bits per heavy atom. The van der Waals surface area contributed by atoms with Crippen LogP contribution in [-0.4, -0.2) is 11.3 Å². The van der Waals surface area contributed by atoms with Crippen molar-refractivity contribution in [3.05, 3.63) is 70.5 Å². The molecule has 3 aromatic rings. The number of aliphatic imine (C=N–C) groups is 1. The molecule has 0 bridgehead atoms. The normalized spacial score (nSPS) is 12.4. The van der Waals surface area contributed by atoms with Crippen molar-refractivity contribution < 1.29 is 23.0 Å². The minimum absolute atomic E-state index is 0.124. The van der Waals surface area contributed by atoms with E-state index in [-0.39, 0.29) is 27.6 Å². The molecule has 186 valence electrons. The van der Waals surface area contributed by atoms with Crippen molar-refractivity contribution in [3.8, 4) is 17.2 Å². The van der Waals surface area contributed by atoms with Crippen molar-refractivity contribution >= 4 is 41.0 Å². The average Bonchev–Trinajstić information content (AvgIpc) is 2.77. The van der Waals surface area contributed by atoms with Gasteiger partial charge in [-0.2, -0.15) is 0 Å². The van der Waals surface area contributed by atoms with Crippen molar-refractivity contribution in [3.63, 3.8) is 0 Å². The van der Waals surface area contributed by atoms with Gasteiger partial charge in [0.15, 0.2) is 29.0 Å². The Kier molecular flexibility index (Phi) is 7.70. The van der Waals surface area contributed by atoms with Crippen molar-refractivity contribution in [1.29, 1.82) is 0 Å². The molecule has 0 fully saturated rings. The molecule has 3 rings (SSSR count). The van der Waals surface area contributed by atoms with Crippen molar-refractivity contribution in [2.45, 2.75) is 52.4 Å². The fourth-order valence-electron chi connectivity index (χ4n) is 3.43. The van der Waals surface area contributed by atoms with Crippen LogP contribution in [-0.2, 0) is 10.8 Å². The molecule has 2 atom stereocenters. The van der Waals surface area contributed by atoms with E-state index >= 15 is 0 Å². The van der Waals surface area contributed by atoms with Crippen molar-refractivity contribution in [1.82, 2.24) is 0 Å². The molecule has 3 aromatic carbocycles. The van der Waals surface area contributed by atoms with Gasteiger partial charge in [-0.1, -0.05) is 78.2 Å². The molecule has 3 nitrogen and oxygen atoms in total. The molecule has 1 N–H and O–H groups in total. The summed E-state index contributed by atoms with van der Waals surface area (Å²) in [5.41, 5.74) is 2.21. The summed E-state index contributed by atoms with van der Waals surface area (Å²) in [6.45, 7) is 12.3. The van der Waals surface area contributed by atoms with Gasteiger partial charge >= 0.3 is 0 Å². The van der Waals surface area contributed by atoms with Crippen LogP contribution < -0.4 is 15.3 Å². The molecule has 35 heavy (non-hydrogen) atoms. The lowest BCUT2D eigenvalue weighted by atomic mass is 9.79. The summed E-state index contributed by atoms with van der Waals surface area (Å²) in [5.74, 6) is -3.71. The Bertz CT molecular complexity index is 1280. The lowest BCUT2D eigenvalue weighted by molar-refractivity contribution is 0.435. The van der Waals surface area contributed by atoms with Gasteiger partial charge in [-0.3, -0.25) is 4.99 Å². The van der Waals surface area contributed by atoms with Gasteiger partial charge in [0.05, 0.1) is 5.30 Å². The smallest absolute Gasteiger partial charge is 0.176 e. The van der Waals surface area contributed by atoms with Gasteiger partial charge in [-0.15, -0.1) is 0 Å². The maximum absolute atomic E-state index is 14.7. The molecule has 8 heteroatoms. The number of nitrogens with zero attached hydrogens (tertiary/aromatic N) is 1. The number of halogens is 3. The minimum atomic E-state index is -1.29. The highest BCUT2D eigenvalue weighted by Crippen LogP contribution is 2.38. The summed E-state index contributed by atoms with van der Waals surface area (Å²) in [6.07, 6.45) is 1.52. The summed E-state index contributed by atoms with van der Waals surface area (Å²) in [7, 11) is 3.82. The van der Waals surface area contributed by atoms with Crippen LogP contribution in [0.5, 0.6) is 17.2 Å². The van der Waals surface area contributed by atoms with E-state index in [1.807, 2.05) is 51.4 Å². The van der Waals surface area contributed by atoms with Gasteiger partial charge in [0.1, 0.15) is 11.4 Å². The predicted molar refractivity (Wildman–Crippen MR) is 144 cm³/mol. The van der Waals surface area contributed by atoms with Crippen LogP contribution in [0.15, 0.2) is 41.4 Å². The summed E-state index contributed by atoms with van der Waals surface area (Å²) < 4.78 is 48.5. The van der Waals surface area contributed by atoms with E-state index in [0.29, 0.717) is 11.3 Å². The minimum Gasteiger partial charge on any atom is -0.507 e. The number of ether oxygens (including phenoxy) is 1. The molecule has 0 saturated carbocycles. The van der Waals surface area contributed by atoms with Crippen LogP contribution in [0.25, 0.3) is 0 Å². The number of phenolic OH excluding ortho intramolecular Hbond substituents is 1. The Morgan fingerprint density at radius 1 is 0.857 bits per heavy atom. The van der Waals surface area contributed by atoms with E-state index in [9.17, 15) is 18.3 Å². The largest absolute Gasteiger partial charge is 0.507 e. The molecule has 0 aliphatic carbocycles. The van der Waals surface area contributed by atoms with Crippen LogP contribution in [0, 0.1) is 17.5 Å². The Balaban J connectivity index is 2.09. The molecule has 0 amide bonds. The fourth-order valence-corrected chi connectivity index (χ4v) is 4.00. The van der Waals surface area contributed by atoms with E-state index in [4.69, 9.17) is 4.74 Å². The standard InChI is InChI=1S/C27H30F3NO2P2/c1-26(2,3)15-11-14(22(32)16(12-15)27(4,5)6)13-31-17-9-7-8-10-18(17)33-23-21(30)24(34)19(28)20(29)25(23)35/h7-13,32H,34-35H2,1-6H3. The number of rotatable bonds is 4. The second kappa shape index (κ2) is 9.91. The van der Waals surface area contributed by atoms with Gasteiger partial charge in [-0.05, 0) is 34.6 Å². The molecule has 2 unspecified atom stereocenters. The quantitative estimate of drug-likeness (QED) is 0.230. The molecule has 0 spiro atoms. The van der Waals surface area contributed by atoms with Gasteiger partial charge in [0.2, 0.25) is 0 Å². The molecule has 0 saturated heterocycles. The van der Waals surface area contributed by atoms with Crippen LogP contribution in [0.4, 0.5) is 18.9 Å². The van der Waals surface area contributed by atoms with E-state index in [1.54, 1.807) is 24.3 Å². The van der Waals surface area contributed by atoms with Gasteiger partial charge < -0.3 is 9.84 Å². The Hall–Kier alpha value is -2.42. The third kappa shape index (κ3) is 5.71. The lowest BCUT2D eigenvalue weighted by Crippen LogP contribution is -2.18. The predicted octanol–water partition coefficient (Wildman–Crippen LogP) is 6.95. The van der Waals surface area contributed by atoms with Crippen LogP contribution in [0.3, 0.4) is 0 Å². The summed E-state index contributed by atoms with van der Waals surface area (Å²) >= 11 is 0. The molecule has 0 aliphatic heterocycles. The zero-order valence-electron chi connectivity index (χ0n) is 20.6. The second-order valence-electron chi connectivity index (χ2n) is 10.4. The lowest BCUT2D eigenvalue weighted by Gasteiger charge is -2.27. The molecular formula is C27H30F3NO2P2. The van der Waals surface area contributed by atoms with E-state index in [0.717, 1.165) is 11.1 Å². The third-order valence-corrected chi connectivity index (χ3v) is 6.60. The number of hydrogen-bond acceptors (Lipinski definition) is 3. The van der Waals surface area contributed by atoms with Crippen molar-refractivity contribution in [2.24, 2.45) is 4.99 Å². The topological polar surface area (TPSA) is 41.8 Å². The molecule has 0 heterocycles. The maximum atomic E-state index is 14.7. The number of hydrogen-bond donors (Lipinski definition) is 1. The first kappa shape index (κ1) is 27.2. The first-order chi connectivity index (χ1) is 16.1. The van der Waals surface area contributed by atoms with Crippen molar-refractivity contribution in [2.75, 3.05) is 0 Å². The zero-order chi connectivity index (χ0) is 26.3. The summed E-state index contributed by atoms with van der Waals surface area (Å²) in [5, 5.41) is 10.1. The summed E-state index contributed by atoms with van der Waals surface area (Å²) in [4.78, 5) is 4.49. The number of aromatic hydroxyl groups is 1. The summed E-state index contributed by atoms with van der Waals surface area (Å²) in [6, 6.07) is 10.5. The van der Waals surface area contributed by atoms with E-state index < -0.39 is 28.5 Å². The third-order valence-electron chi connectivity index (χ3n) is 5.58. The second-order valence-corrected chi connectivity index (χ2v) is 11.5. The first-order valence-corrected chi connectivity index (χ1v) is 12.2. The molecule has 0 radical (unpaired) electrons. The monoisotopic (exact) mass is 519 g/mol. The van der Waals surface area contributed by atoms with E-state index in [1.165, 1.54) is 6.21 Å². The van der Waals surface area contributed by atoms with Gasteiger partial charge in [0, 0.05) is 22.6 Å². The number of phenols is 1. The SMILES string of the molecule is CC(C)(C)c1cc(C=Nc2ccccc2Oc2c(F)c(P)c(F)c(F)c2P)c(O)c(C(C)(C)C)c1. The van der Waals surface area contributed by atoms with Gasteiger partial charge in [0.25, 0.3) is 0 Å². The molecule has 0 aliphatic rings. The highest BCUT2D eigenvalue weighted by atomic mass is 31.0. The Labute approximate surface area is 209 Å². The maximum Gasteiger partial charge on any atom is 0.176 e. The fraction of sp³-hybridized carbons (Fsp3) is 0.296. The zero-order valence-corrected chi connectivity index (χ0v) is 22.9. The number of benzene rings is 3. The highest BCUT2D eigenvalue weighted by molar-refractivity contribution is 7.28. The average molecular weight is 519 g/mol. The van der Waals surface area contributed by atoms with Crippen LogP contribution in [0.2, 0.25) is 0 Å². The van der Waals surface area contributed by atoms with Crippen LogP contribution >= 0.6 is 18.5 Å². The Morgan fingerprint density at radius 3 is 2.06 bits per heavy atom. The number of para-hydroxylation sites is 2. The van der Waals surface area contributed by atoms with Gasteiger partial charge in [-0.25, -0.2) is 13.2 Å². The van der Waals surface area contributed by atoms with E-state index in [2.05, 4.69) is 25.8 Å². The highest BCUT2D eigenvalue weighted by Gasteiger charge is 2.25. The molecule has 0 aromatic heterocycles. The van der Waals surface area contributed by atoms with Crippen LogP contribution in [0.1, 0.15) is 58.2 Å². The molecular weight excluding hydrogens is 489 g/mol. The first-order valence-electron chi connectivity index (χ1n) is 11.0.